The van der Waals surface area contributed by atoms with Gasteiger partial charge in [0.25, 0.3) is 5.91 Å². The molecule has 0 aliphatic carbocycles. The van der Waals surface area contributed by atoms with Crippen LogP contribution in [0.1, 0.15) is 78.5 Å². The average molecular weight is 510 g/mol. The molecule has 0 heterocycles. The van der Waals surface area contributed by atoms with Gasteiger partial charge in [0.2, 0.25) is 5.91 Å². The van der Waals surface area contributed by atoms with Crippen molar-refractivity contribution in [3.8, 4) is 0 Å². The fourth-order valence-corrected chi connectivity index (χ4v) is 4.06. The van der Waals surface area contributed by atoms with Gasteiger partial charge in [-0.05, 0) is 64.2 Å². The van der Waals surface area contributed by atoms with E-state index in [1.807, 2.05) is 89.2 Å². The first-order valence-electron chi connectivity index (χ1n) is 13.1. The topological polar surface area (TPSA) is 87.7 Å². The number of nitrogens with one attached hydrogen (secondary N) is 2. The smallest absolute Gasteiger partial charge is 0.408 e. The van der Waals surface area contributed by atoms with Crippen LogP contribution in [0.2, 0.25) is 0 Å². The van der Waals surface area contributed by atoms with Crippen molar-refractivity contribution in [2.75, 3.05) is 5.32 Å². The number of benzene rings is 2. The van der Waals surface area contributed by atoms with Crippen molar-refractivity contribution >= 4 is 23.6 Å². The highest BCUT2D eigenvalue weighted by Gasteiger charge is 2.40. The van der Waals surface area contributed by atoms with Gasteiger partial charge >= 0.3 is 6.09 Å². The molecule has 0 bridgehead atoms. The van der Waals surface area contributed by atoms with Gasteiger partial charge in [-0.2, -0.15) is 0 Å². The number of nitrogens with zero attached hydrogens (tertiary/aromatic N) is 1. The second-order valence-corrected chi connectivity index (χ2v) is 10.6. The van der Waals surface area contributed by atoms with Gasteiger partial charge in [0, 0.05) is 11.7 Å². The zero-order valence-corrected chi connectivity index (χ0v) is 23.5. The third-order valence-electron chi connectivity index (χ3n) is 6.52. The van der Waals surface area contributed by atoms with Crippen LogP contribution in [0.25, 0.3) is 0 Å². The highest BCUT2D eigenvalue weighted by Crippen LogP contribution is 2.29. The SMILES string of the molecule is CCC(C)C(NC(=O)OC(C)(C)C)C(=O)N(C(C)CC)C(C(=O)Nc1ccccc1C)c1ccccc1. The summed E-state index contributed by atoms with van der Waals surface area (Å²) >= 11 is 0. The molecule has 3 amide bonds. The van der Waals surface area contributed by atoms with Gasteiger partial charge < -0.3 is 20.3 Å². The molecule has 0 aliphatic rings. The molecular formula is C30H43N3O4. The number of carbonyl (C=O) groups is 3. The highest BCUT2D eigenvalue weighted by molar-refractivity contribution is 5.99. The lowest BCUT2D eigenvalue weighted by Gasteiger charge is -2.39. The molecular weight excluding hydrogens is 466 g/mol. The number of hydrogen-bond acceptors (Lipinski definition) is 4. The third-order valence-corrected chi connectivity index (χ3v) is 6.52. The molecule has 2 aromatic rings. The number of ether oxygens (including phenoxy) is 1. The van der Waals surface area contributed by atoms with E-state index in [0.29, 0.717) is 24.1 Å². The summed E-state index contributed by atoms with van der Waals surface area (Å²) in [6, 6.07) is 14.8. The minimum Gasteiger partial charge on any atom is -0.444 e. The molecule has 2 N–H and O–H groups in total. The van der Waals surface area contributed by atoms with Crippen LogP contribution in [-0.4, -0.2) is 40.5 Å². The molecule has 0 spiro atoms. The first kappa shape index (κ1) is 29.9. The van der Waals surface area contributed by atoms with Crippen molar-refractivity contribution in [3.05, 3.63) is 65.7 Å². The summed E-state index contributed by atoms with van der Waals surface area (Å²) < 4.78 is 5.46. The van der Waals surface area contributed by atoms with Crippen molar-refractivity contribution in [3.63, 3.8) is 0 Å². The summed E-state index contributed by atoms with van der Waals surface area (Å²) in [5.41, 5.74) is 1.61. The Hall–Kier alpha value is -3.35. The Morgan fingerprint density at radius 1 is 0.919 bits per heavy atom. The van der Waals surface area contributed by atoms with Crippen LogP contribution in [-0.2, 0) is 14.3 Å². The van der Waals surface area contributed by atoms with E-state index in [1.165, 1.54) is 0 Å². The largest absolute Gasteiger partial charge is 0.444 e. The average Bonchev–Trinajstić information content (AvgIpc) is 2.85. The van der Waals surface area contributed by atoms with Crippen molar-refractivity contribution in [1.82, 2.24) is 10.2 Å². The maximum atomic E-state index is 14.3. The molecule has 0 aliphatic heterocycles. The molecule has 2 aromatic carbocycles. The van der Waals surface area contributed by atoms with E-state index in [0.717, 1.165) is 5.56 Å². The van der Waals surface area contributed by atoms with Crippen LogP contribution < -0.4 is 10.6 Å². The predicted molar refractivity (Wildman–Crippen MR) is 148 cm³/mol. The summed E-state index contributed by atoms with van der Waals surface area (Å²) in [7, 11) is 0. The Kier molecular flexibility index (Phi) is 10.7. The zero-order valence-electron chi connectivity index (χ0n) is 23.5. The second-order valence-electron chi connectivity index (χ2n) is 10.6. The fraction of sp³-hybridized carbons (Fsp3) is 0.500. The van der Waals surface area contributed by atoms with Crippen LogP contribution in [0.15, 0.2) is 54.6 Å². The van der Waals surface area contributed by atoms with Crippen LogP contribution >= 0.6 is 0 Å². The van der Waals surface area contributed by atoms with Gasteiger partial charge in [-0.1, -0.05) is 75.7 Å². The molecule has 4 unspecified atom stereocenters. The molecule has 7 nitrogen and oxygen atoms in total. The Labute approximate surface area is 222 Å². The molecule has 7 heteroatoms. The maximum absolute atomic E-state index is 14.3. The minimum absolute atomic E-state index is 0.178. The summed E-state index contributed by atoms with van der Waals surface area (Å²) in [6.07, 6.45) is 0.633. The maximum Gasteiger partial charge on any atom is 0.408 e. The lowest BCUT2D eigenvalue weighted by atomic mass is 9.94. The van der Waals surface area contributed by atoms with E-state index in [2.05, 4.69) is 10.6 Å². The Morgan fingerprint density at radius 2 is 1.51 bits per heavy atom. The number of alkyl carbamates (subject to hydrolysis) is 1. The number of amides is 3. The van der Waals surface area contributed by atoms with E-state index in [4.69, 9.17) is 4.74 Å². The Bertz CT molecular complexity index is 1050. The monoisotopic (exact) mass is 509 g/mol. The van der Waals surface area contributed by atoms with E-state index >= 15 is 0 Å². The normalized spacial score (nSPS) is 14.6. The van der Waals surface area contributed by atoms with Gasteiger partial charge in [0.15, 0.2) is 0 Å². The summed E-state index contributed by atoms with van der Waals surface area (Å²) in [5, 5.41) is 5.84. The van der Waals surface area contributed by atoms with Crippen LogP contribution in [0.4, 0.5) is 10.5 Å². The van der Waals surface area contributed by atoms with Crippen LogP contribution in [0.5, 0.6) is 0 Å². The number of aryl methyl sites for hydroxylation is 1. The van der Waals surface area contributed by atoms with Crippen molar-refractivity contribution in [2.45, 2.75) is 92.0 Å². The molecule has 0 radical (unpaired) electrons. The first-order chi connectivity index (χ1) is 17.4. The van der Waals surface area contributed by atoms with Crippen molar-refractivity contribution in [2.24, 2.45) is 5.92 Å². The van der Waals surface area contributed by atoms with E-state index in [1.54, 1.807) is 25.7 Å². The van der Waals surface area contributed by atoms with E-state index < -0.39 is 23.8 Å². The molecule has 37 heavy (non-hydrogen) atoms. The minimum atomic E-state index is -0.893. The molecule has 0 fully saturated rings. The fourth-order valence-electron chi connectivity index (χ4n) is 4.06. The molecule has 0 saturated carbocycles. The van der Waals surface area contributed by atoms with Crippen molar-refractivity contribution < 1.29 is 19.1 Å². The summed E-state index contributed by atoms with van der Waals surface area (Å²) in [4.78, 5) is 42.5. The lowest BCUT2D eigenvalue weighted by Crippen LogP contribution is -2.56. The van der Waals surface area contributed by atoms with Gasteiger partial charge in [-0.25, -0.2) is 4.79 Å². The number of carbonyl (C=O) groups excluding carboxylic acids is 3. The van der Waals surface area contributed by atoms with Crippen molar-refractivity contribution in [1.29, 1.82) is 0 Å². The molecule has 2 rings (SSSR count). The summed E-state index contributed by atoms with van der Waals surface area (Å²) in [6.45, 7) is 15.0. The van der Waals surface area contributed by atoms with Gasteiger partial charge in [0.05, 0.1) is 0 Å². The first-order valence-corrected chi connectivity index (χ1v) is 13.1. The number of rotatable bonds is 10. The van der Waals surface area contributed by atoms with E-state index in [-0.39, 0.29) is 23.8 Å². The quantitative estimate of drug-likeness (QED) is 0.397. The highest BCUT2D eigenvalue weighted by atomic mass is 16.6. The lowest BCUT2D eigenvalue weighted by molar-refractivity contribution is -0.144. The molecule has 0 aromatic heterocycles. The van der Waals surface area contributed by atoms with Gasteiger partial charge in [0.1, 0.15) is 17.7 Å². The van der Waals surface area contributed by atoms with Crippen LogP contribution in [0, 0.1) is 12.8 Å². The Balaban J connectivity index is 2.55. The van der Waals surface area contributed by atoms with Crippen LogP contribution in [0.3, 0.4) is 0 Å². The molecule has 4 atom stereocenters. The number of anilines is 1. The second kappa shape index (κ2) is 13.3. The van der Waals surface area contributed by atoms with Gasteiger partial charge in [-0.15, -0.1) is 0 Å². The zero-order chi connectivity index (χ0) is 27.8. The predicted octanol–water partition coefficient (Wildman–Crippen LogP) is 6.24. The van der Waals surface area contributed by atoms with E-state index in [9.17, 15) is 14.4 Å². The molecule has 202 valence electrons. The number of para-hydroxylation sites is 1. The molecule has 0 saturated heterocycles. The third kappa shape index (κ3) is 8.34. The van der Waals surface area contributed by atoms with Gasteiger partial charge in [-0.3, -0.25) is 9.59 Å². The number of hydrogen-bond donors (Lipinski definition) is 2. The Morgan fingerprint density at radius 3 is 2.05 bits per heavy atom. The standard InChI is InChI=1S/C30H43N3O4/c1-9-20(3)25(32-29(36)37-30(6,7)8)28(35)33(22(5)10-2)26(23-17-12-11-13-18-23)27(34)31-24-19-15-14-16-21(24)4/h11-20,22,25-26H,9-10H2,1-8H3,(H,31,34)(H,32,36). The summed E-state index contributed by atoms with van der Waals surface area (Å²) in [5.74, 6) is -0.805.